The van der Waals surface area contributed by atoms with Gasteiger partial charge in [-0.05, 0) is 26.8 Å². The highest BCUT2D eigenvalue weighted by Crippen LogP contribution is 2.30. The van der Waals surface area contributed by atoms with Gasteiger partial charge in [0.2, 0.25) is 0 Å². The van der Waals surface area contributed by atoms with Crippen molar-refractivity contribution in [3.63, 3.8) is 0 Å². The number of ether oxygens (including phenoxy) is 2. The highest BCUT2D eigenvalue weighted by Gasteiger charge is 2.26. The molecule has 0 saturated heterocycles. The zero-order valence-corrected chi connectivity index (χ0v) is 13.4. The largest absolute Gasteiger partial charge is 0.493 e. The van der Waals surface area contributed by atoms with Crippen LogP contribution < -0.4 is 10.1 Å². The number of carbonyl (C=O) groups is 1. The van der Waals surface area contributed by atoms with Crippen LogP contribution in [0, 0.1) is 11.6 Å². The summed E-state index contributed by atoms with van der Waals surface area (Å²) in [6.45, 7) is 4.62. The van der Waals surface area contributed by atoms with Crippen molar-refractivity contribution >= 4 is 6.09 Å². The molecule has 0 heterocycles. The van der Waals surface area contributed by atoms with Crippen LogP contribution in [0.3, 0.4) is 0 Å². The van der Waals surface area contributed by atoms with Crippen molar-refractivity contribution in [2.75, 3.05) is 13.7 Å². The molecule has 0 aliphatic heterocycles. The SMILES string of the molecule is COc1c(F)cc(F)cc1C(O)C(O)CNC(=O)OC(C)(C)C. The van der Waals surface area contributed by atoms with Crippen LogP contribution in [0.15, 0.2) is 12.1 Å². The lowest BCUT2D eigenvalue weighted by atomic mass is 10.0. The first kappa shape index (κ1) is 19.1. The molecule has 1 aromatic carbocycles. The number of hydrogen-bond acceptors (Lipinski definition) is 5. The molecule has 23 heavy (non-hydrogen) atoms. The summed E-state index contributed by atoms with van der Waals surface area (Å²) >= 11 is 0. The minimum absolute atomic E-state index is 0.261. The number of rotatable bonds is 5. The zero-order chi connectivity index (χ0) is 17.8. The van der Waals surface area contributed by atoms with Gasteiger partial charge in [0.1, 0.15) is 23.6 Å². The van der Waals surface area contributed by atoms with Crippen LogP contribution in [0.2, 0.25) is 0 Å². The van der Waals surface area contributed by atoms with Crippen molar-refractivity contribution in [1.29, 1.82) is 0 Å². The van der Waals surface area contributed by atoms with E-state index >= 15 is 0 Å². The van der Waals surface area contributed by atoms with Gasteiger partial charge >= 0.3 is 6.09 Å². The average molecular weight is 333 g/mol. The van der Waals surface area contributed by atoms with Crippen LogP contribution in [0.4, 0.5) is 13.6 Å². The number of nitrogens with one attached hydrogen (secondary N) is 1. The summed E-state index contributed by atoms with van der Waals surface area (Å²) in [5, 5.41) is 22.2. The molecule has 2 unspecified atom stereocenters. The molecule has 0 saturated carbocycles. The van der Waals surface area contributed by atoms with Crippen molar-refractivity contribution in [2.45, 2.75) is 38.6 Å². The Bertz CT molecular complexity index is 560. The molecule has 8 heteroatoms. The number of benzene rings is 1. The van der Waals surface area contributed by atoms with Gasteiger partial charge in [0, 0.05) is 18.2 Å². The van der Waals surface area contributed by atoms with Gasteiger partial charge in [-0.3, -0.25) is 0 Å². The summed E-state index contributed by atoms with van der Waals surface area (Å²) in [4.78, 5) is 11.5. The predicted molar refractivity (Wildman–Crippen MR) is 78.1 cm³/mol. The van der Waals surface area contributed by atoms with Crippen molar-refractivity contribution in [3.05, 3.63) is 29.3 Å². The van der Waals surface area contributed by atoms with Gasteiger partial charge < -0.3 is 25.0 Å². The first-order chi connectivity index (χ1) is 10.5. The lowest BCUT2D eigenvalue weighted by molar-refractivity contribution is 0.0115. The van der Waals surface area contributed by atoms with Crippen LogP contribution in [0.25, 0.3) is 0 Å². The Kier molecular flexibility index (Phi) is 6.28. The van der Waals surface area contributed by atoms with E-state index in [0.717, 1.165) is 13.2 Å². The van der Waals surface area contributed by atoms with Gasteiger partial charge in [-0.15, -0.1) is 0 Å². The lowest BCUT2D eigenvalue weighted by Crippen LogP contribution is -2.39. The van der Waals surface area contributed by atoms with Crippen LogP contribution in [-0.4, -0.2) is 41.7 Å². The van der Waals surface area contributed by atoms with E-state index in [4.69, 9.17) is 9.47 Å². The lowest BCUT2D eigenvalue weighted by Gasteiger charge is -2.23. The molecule has 1 rings (SSSR count). The quantitative estimate of drug-likeness (QED) is 0.766. The second-order valence-corrected chi connectivity index (χ2v) is 5.91. The first-order valence-corrected chi connectivity index (χ1v) is 6.91. The van der Waals surface area contributed by atoms with E-state index in [2.05, 4.69) is 5.32 Å². The van der Waals surface area contributed by atoms with Gasteiger partial charge in [0.15, 0.2) is 11.6 Å². The Balaban J connectivity index is 2.78. The Morgan fingerprint density at radius 1 is 1.30 bits per heavy atom. The maximum Gasteiger partial charge on any atom is 0.407 e. The smallest absolute Gasteiger partial charge is 0.407 e. The van der Waals surface area contributed by atoms with Crippen molar-refractivity contribution in [1.82, 2.24) is 5.32 Å². The van der Waals surface area contributed by atoms with Crippen LogP contribution in [0.1, 0.15) is 32.4 Å². The number of halogens is 2. The van der Waals surface area contributed by atoms with E-state index in [1.54, 1.807) is 20.8 Å². The van der Waals surface area contributed by atoms with Crippen molar-refractivity contribution < 1.29 is 33.3 Å². The topological polar surface area (TPSA) is 88.0 Å². The van der Waals surface area contributed by atoms with Gasteiger partial charge in [0.25, 0.3) is 0 Å². The second-order valence-electron chi connectivity index (χ2n) is 5.91. The summed E-state index contributed by atoms with van der Waals surface area (Å²) < 4.78 is 36.6. The number of alkyl carbamates (subject to hydrolysis) is 1. The highest BCUT2D eigenvalue weighted by atomic mass is 19.1. The summed E-state index contributed by atoms with van der Waals surface area (Å²) in [6, 6.07) is 1.45. The number of aliphatic hydroxyl groups is 2. The molecule has 0 aliphatic carbocycles. The molecule has 0 radical (unpaired) electrons. The van der Waals surface area contributed by atoms with Crippen molar-refractivity contribution in [2.24, 2.45) is 0 Å². The average Bonchev–Trinajstić information content (AvgIpc) is 2.41. The van der Waals surface area contributed by atoms with Gasteiger partial charge in [-0.1, -0.05) is 0 Å². The molecule has 130 valence electrons. The summed E-state index contributed by atoms with van der Waals surface area (Å²) in [5.74, 6) is -2.31. The Hall–Kier alpha value is -1.93. The molecule has 2 atom stereocenters. The van der Waals surface area contributed by atoms with E-state index in [1.165, 1.54) is 0 Å². The monoisotopic (exact) mass is 333 g/mol. The predicted octanol–water partition coefficient (Wildman–Crippen LogP) is 1.89. The van der Waals surface area contributed by atoms with Crippen LogP contribution in [0.5, 0.6) is 5.75 Å². The van der Waals surface area contributed by atoms with E-state index in [9.17, 15) is 23.8 Å². The Labute approximate surface area is 133 Å². The summed E-state index contributed by atoms with van der Waals surface area (Å²) in [7, 11) is 1.15. The van der Waals surface area contributed by atoms with E-state index in [0.29, 0.717) is 6.07 Å². The maximum absolute atomic E-state index is 13.6. The normalized spacial score (nSPS) is 14.1. The third-order valence-electron chi connectivity index (χ3n) is 2.78. The molecule has 3 N–H and O–H groups in total. The number of carbonyl (C=O) groups excluding carboxylic acids is 1. The molecule has 0 aliphatic rings. The van der Waals surface area contributed by atoms with Crippen LogP contribution in [-0.2, 0) is 4.74 Å². The minimum atomic E-state index is -1.66. The van der Waals surface area contributed by atoms with E-state index in [-0.39, 0.29) is 17.9 Å². The minimum Gasteiger partial charge on any atom is -0.493 e. The molecular formula is C15H21F2NO5. The Morgan fingerprint density at radius 2 is 1.91 bits per heavy atom. The third kappa shape index (κ3) is 5.65. The van der Waals surface area contributed by atoms with E-state index in [1.807, 2.05) is 0 Å². The summed E-state index contributed by atoms with van der Waals surface area (Å²) in [5.41, 5.74) is -0.980. The third-order valence-corrected chi connectivity index (χ3v) is 2.78. The molecule has 0 fully saturated rings. The molecule has 0 spiro atoms. The molecule has 0 aromatic heterocycles. The molecule has 6 nitrogen and oxygen atoms in total. The fourth-order valence-corrected chi connectivity index (χ4v) is 1.84. The number of aliphatic hydroxyl groups excluding tert-OH is 2. The molecule has 1 aromatic rings. The first-order valence-electron chi connectivity index (χ1n) is 6.91. The van der Waals surface area contributed by atoms with Gasteiger partial charge in [0.05, 0.1) is 7.11 Å². The fraction of sp³-hybridized carbons (Fsp3) is 0.533. The molecule has 1 amide bonds. The fourth-order valence-electron chi connectivity index (χ4n) is 1.84. The molecular weight excluding hydrogens is 312 g/mol. The number of amides is 1. The standard InChI is InChI=1S/C15H21F2NO5/c1-15(2,3)23-14(21)18-7-11(19)12(20)9-5-8(16)6-10(17)13(9)22-4/h5-6,11-12,19-20H,7H2,1-4H3,(H,18,21). The Morgan fingerprint density at radius 3 is 2.43 bits per heavy atom. The number of hydrogen-bond donors (Lipinski definition) is 3. The van der Waals surface area contributed by atoms with E-state index < -0.39 is 35.5 Å². The summed E-state index contributed by atoms with van der Waals surface area (Å²) in [6.07, 6.45) is -3.97. The van der Waals surface area contributed by atoms with Crippen molar-refractivity contribution in [3.8, 4) is 5.75 Å². The second kappa shape index (κ2) is 7.56. The van der Waals surface area contributed by atoms with Gasteiger partial charge in [-0.25, -0.2) is 13.6 Å². The van der Waals surface area contributed by atoms with Gasteiger partial charge in [-0.2, -0.15) is 0 Å². The van der Waals surface area contributed by atoms with Crippen LogP contribution >= 0.6 is 0 Å². The number of methoxy groups -OCH3 is 1. The zero-order valence-electron chi connectivity index (χ0n) is 13.4. The molecule has 0 bridgehead atoms. The maximum atomic E-state index is 13.6. The highest BCUT2D eigenvalue weighted by molar-refractivity contribution is 5.67.